The first kappa shape index (κ1) is 12.1. The van der Waals surface area contributed by atoms with Crippen molar-refractivity contribution in [2.45, 2.75) is 12.5 Å². The molecule has 3 rings (SSSR count). The van der Waals surface area contributed by atoms with Crippen LogP contribution >= 0.6 is 0 Å². The Balaban J connectivity index is 1.95. The quantitative estimate of drug-likeness (QED) is 0.836. The lowest BCUT2D eigenvalue weighted by Gasteiger charge is -2.25. The zero-order valence-corrected chi connectivity index (χ0v) is 10.4. The van der Waals surface area contributed by atoms with Crippen LogP contribution in [0.1, 0.15) is 27.4 Å². The molecule has 0 aliphatic carbocycles. The van der Waals surface area contributed by atoms with Crippen molar-refractivity contribution < 1.29 is 9.18 Å². The average Bonchev–Trinajstić information content (AvgIpc) is 2.47. The Labute approximate surface area is 111 Å². The van der Waals surface area contributed by atoms with Gasteiger partial charge in [-0.2, -0.15) is 0 Å². The zero-order chi connectivity index (χ0) is 13.2. The maximum atomic E-state index is 12.9. The number of hydrogen-bond donors (Lipinski definition) is 1. The molecule has 0 fully saturated rings. The predicted molar refractivity (Wildman–Crippen MR) is 71.6 cm³/mol. The number of fused-ring (bicyclic) bond motifs is 1. The van der Waals surface area contributed by atoms with E-state index in [9.17, 15) is 9.18 Å². The molecule has 1 aliphatic rings. The molecule has 0 radical (unpaired) electrons. The van der Waals surface area contributed by atoms with Gasteiger partial charge in [0.05, 0.1) is 5.92 Å². The van der Waals surface area contributed by atoms with E-state index >= 15 is 0 Å². The largest absolute Gasteiger partial charge is 0.312 e. The highest BCUT2D eigenvalue weighted by Gasteiger charge is 2.26. The summed E-state index contributed by atoms with van der Waals surface area (Å²) >= 11 is 0. The lowest BCUT2D eigenvalue weighted by molar-refractivity contribution is 0.0955. The summed E-state index contributed by atoms with van der Waals surface area (Å²) in [4.78, 5) is 12.5. The number of nitrogens with one attached hydrogen (secondary N) is 1. The van der Waals surface area contributed by atoms with Gasteiger partial charge < -0.3 is 5.32 Å². The first-order valence-corrected chi connectivity index (χ1v) is 6.34. The van der Waals surface area contributed by atoms with Gasteiger partial charge in [-0.15, -0.1) is 0 Å². The van der Waals surface area contributed by atoms with E-state index < -0.39 is 0 Å². The monoisotopic (exact) mass is 255 g/mol. The van der Waals surface area contributed by atoms with Crippen molar-refractivity contribution in [1.82, 2.24) is 5.32 Å². The molecule has 2 aromatic rings. The fourth-order valence-electron chi connectivity index (χ4n) is 2.55. The Morgan fingerprint density at radius 3 is 2.63 bits per heavy atom. The second kappa shape index (κ2) is 4.94. The van der Waals surface area contributed by atoms with Crippen LogP contribution in [0, 0.1) is 5.82 Å². The van der Waals surface area contributed by atoms with Gasteiger partial charge in [0.15, 0.2) is 5.78 Å². The van der Waals surface area contributed by atoms with Gasteiger partial charge >= 0.3 is 0 Å². The van der Waals surface area contributed by atoms with Gasteiger partial charge in [0.25, 0.3) is 0 Å². The molecule has 2 aromatic carbocycles. The Bertz CT molecular complexity index is 606. The molecule has 0 spiro atoms. The summed E-state index contributed by atoms with van der Waals surface area (Å²) in [6.07, 6.45) is 0. The van der Waals surface area contributed by atoms with Crippen molar-refractivity contribution in [3.8, 4) is 0 Å². The van der Waals surface area contributed by atoms with Crippen LogP contribution in [0.3, 0.4) is 0 Å². The topological polar surface area (TPSA) is 29.1 Å². The summed E-state index contributed by atoms with van der Waals surface area (Å²) in [5.74, 6) is -0.464. The molecular weight excluding hydrogens is 241 g/mol. The van der Waals surface area contributed by atoms with Crippen molar-refractivity contribution in [1.29, 1.82) is 0 Å². The molecule has 1 aliphatic heterocycles. The van der Waals surface area contributed by atoms with E-state index in [2.05, 4.69) is 5.32 Å². The minimum absolute atomic E-state index is 0.0413. The minimum Gasteiger partial charge on any atom is -0.312 e. The first-order chi connectivity index (χ1) is 9.25. The first-order valence-electron chi connectivity index (χ1n) is 6.34. The number of halogens is 1. The third kappa shape index (κ3) is 2.29. The summed E-state index contributed by atoms with van der Waals surface area (Å²) < 4.78 is 12.9. The second-order valence-electron chi connectivity index (χ2n) is 4.75. The van der Waals surface area contributed by atoms with E-state index in [1.165, 1.54) is 12.1 Å². The molecule has 1 unspecified atom stereocenters. The molecule has 0 saturated heterocycles. The van der Waals surface area contributed by atoms with Gasteiger partial charge in [-0.25, -0.2) is 4.39 Å². The van der Waals surface area contributed by atoms with Crippen LogP contribution in [0.4, 0.5) is 4.39 Å². The molecule has 0 bridgehead atoms. The smallest absolute Gasteiger partial charge is 0.171 e. The maximum absolute atomic E-state index is 12.9. The van der Waals surface area contributed by atoms with Crippen LogP contribution in [-0.4, -0.2) is 12.3 Å². The van der Waals surface area contributed by atoms with Gasteiger partial charge in [0.1, 0.15) is 5.82 Å². The Hall–Kier alpha value is -2.00. The highest BCUT2D eigenvalue weighted by molar-refractivity contribution is 6.01. The van der Waals surface area contributed by atoms with E-state index in [0.717, 1.165) is 17.7 Å². The molecule has 3 heteroatoms. The SMILES string of the molecule is O=C(c1ccc(F)cc1)C1CNCc2ccccc21. The molecule has 0 amide bonds. The number of rotatable bonds is 2. The summed E-state index contributed by atoms with van der Waals surface area (Å²) in [5.41, 5.74) is 2.80. The summed E-state index contributed by atoms with van der Waals surface area (Å²) in [7, 11) is 0. The Kier molecular flexibility index (Phi) is 3.13. The van der Waals surface area contributed by atoms with E-state index in [-0.39, 0.29) is 17.5 Å². The summed E-state index contributed by atoms with van der Waals surface area (Å²) in [5, 5.41) is 3.26. The van der Waals surface area contributed by atoms with Crippen molar-refractivity contribution in [2.75, 3.05) is 6.54 Å². The highest BCUT2D eigenvalue weighted by Crippen LogP contribution is 2.27. The molecule has 1 atom stereocenters. The lowest BCUT2D eigenvalue weighted by Crippen LogP contribution is -2.32. The Morgan fingerprint density at radius 1 is 1.11 bits per heavy atom. The fourth-order valence-corrected chi connectivity index (χ4v) is 2.55. The second-order valence-corrected chi connectivity index (χ2v) is 4.75. The van der Waals surface area contributed by atoms with Crippen LogP contribution in [-0.2, 0) is 6.54 Å². The number of hydrogen-bond acceptors (Lipinski definition) is 2. The van der Waals surface area contributed by atoms with E-state index in [0.29, 0.717) is 12.1 Å². The standard InChI is InChI=1S/C16H14FNO/c17-13-7-5-11(6-8-13)16(19)15-10-18-9-12-3-1-2-4-14(12)15/h1-8,15,18H,9-10H2. The molecule has 1 N–H and O–H groups in total. The normalized spacial score (nSPS) is 17.8. The predicted octanol–water partition coefficient (Wildman–Crippen LogP) is 2.90. The van der Waals surface area contributed by atoms with E-state index in [1.807, 2.05) is 24.3 Å². The number of carbonyl (C=O) groups is 1. The van der Waals surface area contributed by atoms with Crippen molar-refractivity contribution in [3.63, 3.8) is 0 Å². The van der Waals surface area contributed by atoms with Gasteiger partial charge in [-0.1, -0.05) is 24.3 Å². The van der Waals surface area contributed by atoms with Crippen LogP contribution < -0.4 is 5.32 Å². The van der Waals surface area contributed by atoms with Gasteiger partial charge in [0.2, 0.25) is 0 Å². The van der Waals surface area contributed by atoms with Crippen LogP contribution in [0.5, 0.6) is 0 Å². The molecule has 96 valence electrons. The highest BCUT2D eigenvalue weighted by atomic mass is 19.1. The van der Waals surface area contributed by atoms with Crippen molar-refractivity contribution in [2.24, 2.45) is 0 Å². The van der Waals surface area contributed by atoms with Crippen LogP contribution in [0.2, 0.25) is 0 Å². The number of carbonyl (C=O) groups excluding carboxylic acids is 1. The third-order valence-corrected chi connectivity index (χ3v) is 3.54. The maximum Gasteiger partial charge on any atom is 0.171 e. The van der Waals surface area contributed by atoms with Crippen LogP contribution in [0.25, 0.3) is 0 Å². The third-order valence-electron chi connectivity index (χ3n) is 3.54. The van der Waals surface area contributed by atoms with Gasteiger partial charge in [0, 0.05) is 18.7 Å². The van der Waals surface area contributed by atoms with Crippen LogP contribution in [0.15, 0.2) is 48.5 Å². The molecule has 2 nitrogen and oxygen atoms in total. The lowest BCUT2D eigenvalue weighted by atomic mass is 9.85. The van der Waals surface area contributed by atoms with Crippen molar-refractivity contribution in [3.05, 3.63) is 71.0 Å². The molecule has 0 saturated carbocycles. The summed E-state index contributed by atoms with van der Waals surface area (Å²) in [6.45, 7) is 1.43. The molecule has 19 heavy (non-hydrogen) atoms. The average molecular weight is 255 g/mol. The molecule has 0 aromatic heterocycles. The number of Topliss-reactive ketones (excluding diaryl/α,β-unsaturated/α-hetero) is 1. The fraction of sp³-hybridized carbons (Fsp3) is 0.188. The van der Waals surface area contributed by atoms with Crippen molar-refractivity contribution >= 4 is 5.78 Å². The van der Waals surface area contributed by atoms with Gasteiger partial charge in [-0.3, -0.25) is 4.79 Å². The van der Waals surface area contributed by atoms with E-state index in [1.54, 1.807) is 12.1 Å². The number of benzene rings is 2. The summed E-state index contributed by atoms with van der Waals surface area (Å²) in [6, 6.07) is 13.7. The van der Waals surface area contributed by atoms with E-state index in [4.69, 9.17) is 0 Å². The molecule has 1 heterocycles. The minimum atomic E-state index is -0.321. The van der Waals surface area contributed by atoms with Gasteiger partial charge in [-0.05, 0) is 35.4 Å². The molecular formula is C16H14FNO. The zero-order valence-electron chi connectivity index (χ0n) is 10.4. The Morgan fingerprint density at radius 2 is 1.84 bits per heavy atom. The number of ketones is 1.